The topological polar surface area (TPSA) is 83.7 Å². The Labute approximate surface area is 116 Å². The first-order valence-corrected chi connectivity index (χ1v) is 5.81. The van der Waals surface area contributed by atoms with Crippen molar-refractivity contribution in [2.75, 3.05) is 20.0 Å². The molecule has 0 saturated carbocycles. The summed E-state index contributed by atoms with van der Waals surface area (Å²) >= 11 is 0. The molecule has 0 aliphatic rings. The number of anilines is 1. The molecule has 0 aliphatic carbocycles. The predicted octanol–water partition coefficient (Wildman–Crippen LogP) is 2.25. The van der Waals surface area contributed by atoms with Crippen LogP contribution in [0.5, 0.6) is 17.4 Å². The number of carbonyl (C=O) groups excluding carboxylic acids is 1. The molecule has 0 atom stereocenters. The highest BCUT2D eigenvalue weighted by Gasteiger charge is 2.16. The highest BCUT2D eigenvalue weighted by molar-refractivity contribution is 5.96. The van der Waals surface area contributed by atoms with Gasteiger partial charge in [-0.15, -0.1) is 0 Å². The number of esters is 1. The molecule has 20 heavy (non-hydrogen) atoms. The minimum absolute atomic E-state index is 0.116. The van der Waals surface area contributed by atoms with Gasteiger partial charge in [-0.3, -0.25) is 0 Å². The summed E-state index contributed by atoms with van der Waals surface area (Å²) in [6, 6.07) is 8.53. The first-order valence-electron chi connectivity index (χ1n) is 5.81. The van der Waals surface area contributed by atoms with Gasteiger partial charge in [0.2, 0.25) is 5.88 Å². The van der Waals surface area contributed by atoms with E-state index < -0.39 is 5.97 Å². The summed E-state index contributed by atoms with van der Waals surface area (Å²) in [5, 5.41) is 0. The third-order valence-electron chi connectivity index (χ3n) is 2.63. The molecular formula is C14H14N2O4. The molecule has 0 radical (unpaired) electrons. The van der Waals surface area contributed by atoms with Gasteiger partial charge in [0, 0.05) is 6.20 Å². The van der Waals surface area contributed by atoms with E-state index in [9.17, 15) is 4.79 Å². The largest absolute Gasteiger partial charge is 0.493 e. The summed E-state index contributed by atoms with van der Waals surface area (Å²) in [4.78, 5) is 15.6. The average molecular weight is 274 g/mol. The second-order valence-corrected chi connectivity index (χ2v) is 3.82. The lowest BCUT2D eigenvalue weighted by atomic mass is 10.2. The highest BCUT2D eigenvalue weighted by Crippen LogP contribution is 2.33. The quantitative estimate of drug-likeness (QED) is 0.861. The summed E-state index contributed by atoms with van der Waals surface area (Å²) in [6.07, 6.45) is 1.42. The van der Waals surface area contributed by atoms with Crippen LogP contribution in [0.3, 0.4) is 0 Å². The van der Waals surface area contributed by atoms with Crippen LogP contribution in [0.15, 0.2) is 36.5 Å². The van der Waals surface area contributed by atoms with E-state index in [1.165, 1.54) is 26.5 Å². The van der Waals surface area contributed by atoms with Crippen molar-refractivity contribution in [2.45, 2.75) is 0 Å². The maximum atomic E-state index is 11.6. The summed E-state index contributed by atoms with van der Waals surface area (Å²) < 4.78 is 15.4. The van der Waals surface area contributed by atoms with Crippen molar-refractivity contribution < 1.29 is 19.0 Å². The van der Waals surface area contributed by atoms with E-state index >= 15 is 0 Å². The van der Waals surface area contributed by atoms with Crippen LogP contribution in [0.4, 0.5) is 5.69 Å². The van der Waals surface area contributed by atoms with Crippen LogP contribution in [-0.2, 0) is 4.74 Å². The lowest BCUT2D eigenvalue weighted by Gasteiger charge is -2.12. The zero-order chi connectivity index (χ0) is 14.5. The fourth-order valence-electron chi connectivity index (χ4n) is 1.63. The molecule has 2 N–H and O–H groups in total. The van der Waals surface area contributed by atoms with Gasteiger partial charge in [0.15, 0.2) is 11.5 Å². The molecule has 6 nitrogen and oxygen atoms in total. The van der Waals surface area contributed by atoms with Crippen LogP contribution in [-0.4, -0.2) is 25.2 Å². The second kappa shape index (κ2) is 5.92. The van der Waals surface area contributed by atoms with Crippen LogP contribution in [0.1, 0.15) is 10.4 Å². The first-order chi connectivity index (χ1) is 9.67. The molecule has 0 spiro atoms. The van der Waals surface area contributed by atoms with Crippen molar-refractivity contribution in [3.05, 3.63) is 42.1 Å². The minimum Gasteiger partial charge on any atom is -0.493 e. The van der Waals surface area contributed by atoms with Crippen LogP contribution >= 0.6 is 0 Å². The normalized spacial score (nSPS) is 9.90. The lowest BCUT2D eigenvalue weighted by molar-refractivity contribution is 0.0601. The number of para-hydroxylation sites is 2. The minimum atomic E-state index is -0.547. The van der Waals surface area contributed by atoms with E-state index in [1.807, 2.05) is 6.07 Å². The molecule has 6 heteroatoms. The average Bonchev–Trinajstić information content (AvgIpc) is 2.49. The predicted molar refractivity (Wildman–Crippen MR) is 73.1 cm³/mol. The fraction of sp³-hybridized carbons (Fsp3) is 0.143. The molecule has 104 valence electrons. The number of methoxy groups -OCH3 is 2. The third-order valence-corrected chi connectivity index (χ3v) is 2.63. The maximum absolute atomic E-state index is 11.6. The molecule has 2 aromatic rings. The molecular weight excluding hydrogens is 260 g/mol. The molecule has 0 amide bonds. The van der Waals surface area contributed by atoms with E-state index in [0.29, 0.717) is 11.5 Å². The maximum Gasteiger partial charge on any atom is 0.340 e. The van der Waals surface area contributed by atoms with Crippen LogP contribution in [0.25, 0.3) is 0 Å². The number of rotatable bonds is 4. The van der Waals surface area contributed by atoms with E-state index in [1.54, 1.807) is 18.2 Å². The molecule has 0 fully saturated rings. The monoisotopic (exact) mass is 274 g/mol. The second-order valence-electron chi connectivity index (χ2n) is 3.82. The van der Waals surface area contributed by atoms with E-state index in [2.05, 4.69) is 9.72 Å². The molecule has 0 bridgehead atoms. The van der Waals surface area contributed by atoms with Gasteiger partial charge in [-0.2, -0.15) is 0 Å². The smallest absolute Gasteiger partial charge is 0.340 e. The van der Waals surface area contributed by atoms with Crippen molar-refractivity contribution in [1.82, 2.24) is 4.98 Å². The number of aromatic nitrogens is 1. The van der Waals surface area contributed by atoms with Crippen LogP contribution in [0.2, 0.25) is 0 Å². The number of carbonyl (C=O) groups is 1. The number of nitrogens with zero attached hydrogens (tertiary/aromatic N) is 1. The molecule has 2 rings (SSSR count). The van der Waals surface area contributed by atoms with Crippen molar-refractivity contribution in [3.63, 3.8) is 0 Å². The van der Waals surface area contributed by atoms with E-state index in [0.717, 1.165) is 0 Å². The van der Waals surface area contributed by atoms with Gasteiger partial charge in [0.1, 0.15) is 5.69 Å². The zero-order valence-corrected chi connectivity index (χ0v) is 11.1. The van der Waals surface area contributed by atoms with Crippen LogP contribution in [0, 0.1) is 0 Å². The Morgan fingerprint density at radius 1 is 1.15 bits per heavy atom. The molecule has 0 saturated heterocycles. The van der Waals surface area contributed by atoms with Gasteiger partial charge in [-0.1, -0.05) is 12.1 Å². The summed E-state index contributed by atoms with van der Waals surface area (Å²) in [7, 11) is 2.81. The Balaban J connectivity index is 2.37. The number of nitrogens with two attached hydrogens (primary N) is 1. The van der Waals surface area contributed by atoms with Crippen molar-refractivity contribution in [1.29, 1.82) is 0 Å². The highest BCUT2D eigenvalue weighted by atomic mass is 16.5. The molecule has 1 heterocycles. The number of benzene rings is 1. The molecule has 1 aromatic carbocycles. The number of ether oxygens (including phenoxy) is 3. The Morgan fingerprint density at radius 2 is 1.85 bits per heavy atom. The molecule has 0 aliphatic heterocycles. The van der Waals surface area contributed by atoms with Gasteiger partial charge in [-0.05, 0) is 18.2 Å². The number of pyridine rings is 1. The van der Waals surface area contributed by atoms with Crippen LogP contribution < -0.4 is 15.2 Å². The molecule has 1 aromatic heterocycles. The van der Waals surface area contributed by atoms with Crippen molar-refractivity contribution in [2.24, 2.45) is 0 Å². The van der Waals surface area contributed by atoms with E-state index in [-0.39, 0.29) is 17.1 Å². The van der Waals surface area contributed by atoms with Crippen molar-refractivity contribution >= 4 is 11.7 Å². The van der Waals surface area contributed by atoms with E-state index in [4.69, 9.17) is 15.2 Å². The third kappa shape index (κ3) is 2.64. The van der Waals surface area contributed by atoms with Gasteiger partial charge in [0.25, 0.3) is 0 Å². The standard InChI is InChI=1S/C14H14N2O4/c1-18-10-5-3-4-6-11(10)20-13-12(15)9(7-8-16-13)14(17)19-2/h3-8H,15H2,1-2H3. The SMILES string of the molecule is COC(=O)c1ccnc(Oc2ccccc2OC)c1N. The summed E-state index contributed by atoms with van der Waals surface area (Å²) in [5.74, 6) is 0.570. The number of hydrogen-bond donors (Lipinski definition) is 1. The molecule has 0 unspecified atom stereocenters. The number of hydrogen-bond acceptors (Lipinski definition) is 6. The lowest BCUT2D eigenvalue weighted by Crippen LogP contribution is -2.07. The Hall–Kier alpha value is -2.76. The van der Waals surface area contributed by atoms with Gasteiger partial charge >= 0.3 is 5.97 Å². The fourth-order valence-corrected chi connectivity index (χ4v) is 1.63. The van der Waals surface area contributed by atoms with Gasteiger partial charge in [0.05, 0.1) is 19.8 Å². The first kappa shape index (κ1) is 13.7. The van der Waals surface area contributed by atoms with Gasteiger partial charge in [-0.25, -0.2) is 9.78 Å². The zero-order valence-electron chi connectivity index (χ0n) is 11.1. The van der Waals surface area contributed by atoms with Crippen molar-refractivity contribution in [3.8, 4) is 17.4 Å². The Kier molecular flexibility index (Phi) is 4.05. The summed E-state index contributed by atoms with van der Waals surface area (Å²) in [6.45, 7) is 0. The number of nitrogen functional groups attached to an aromatic ring is 1. The Morgan fingerprint density at radius 3 is 2.50 bits per heavy atom. The summed E-state index contributed by atoms with van der Waals surface area (Å²) in [5.41, 5.74) is 6.19. The van der Waals surface area contributed by atoms with Gasteiger partial charge < -0.3 is 19.9 Å². The Bertz CT molecular complexity index is 628.